The van der Waals surface area contributed by atoms with Crippen molar-refractivity contribution in [3.63, 3.8) is 0 Å². The number of carboxylic acid groups (broad SMARTS) is 1. The highest BCUT2D eigenvalue weighted by Crippen LogP contribution is 2.78. The van der Waals surface area contributed by atoms with E-state index in [4.69, 9.17) is 15.2 Å². The number of nitrogens with zero attached hydrogens (tertiary/aromatic N) is 3. The van der Waals surface area contributed by atoms with Gasteiger partial charge in [-0.1, -0.05) is 30.3 Å². The largest absolute Gasteiger partial charge is 0.493 e. The maximum Gasteiger partial charge on any atom is 0.326 e. The standard InChI is InChI=1S/C29H30N4O7/c1-15(34)25-18-10-22(39-2)23(40-3)11-20(18)32(31-25)14-24(35)33-21(26(36)37)9-17-12-29(17,33)28(27(30)38)13-19(28)16-7-5-4-6-8-16/h4-8,10-11,17,19,21H,9,12-14H2,1-3H3,(H2,30,38)(H,36,37)/t17-,19-,21-,28-,29-/m0/s1. The van der Waals surface area contributed by atoms with Gasteiger partial charge in [-0.15, -0.1) is 0 Å². The number of ether oxygens (including phenoxy) is 2. The fourth-order valence-corrected chi connectivity index (χ4v) is 7.31. The number of piperidine rings is 1. The minimum absolute atomic E-state index is 0.148. The maximum atomic E-state index is 14.1. The molecule has 1 aromatic heterocycles. The Morgan fingerprint density at radius 1 is 1.07 bits per heavy atom. The summed E-state index contributed by atoms with van der Waals surface area (Å²) < 4.78 is 12.2. The molecule has 3 fully saturated rings. The first-order valence-electron chi connectivity index (χ1n) is 13.1. The molecule has 2 amide bonds. The van der Waals surface area contributed by atoms with Gasteiger partial charge in [0.05, 0.1) is 30.7 Å². The number of fused-ring (bicyclic) bond motifs is 2. The second-order valence-corrected chi connectivity index (χ2v) is 11.0. The van der Waals surface area contributed by atoms with Crippen LogP contribution < -0.4 is 15.2 Å². The zero-order valence-electron chi connectivity index (χ0n) is 22.4. The lowest BCUT2D eigenvalue weighted by Crippen LogP contribution is -2.56. The second-order valence-electron chi connectivity index (χ2n) is 11.0. The molecule has 2 aliphatic carbocycles. The Balaban J connectivity index is 1.42. The summed E-state index contributed by atoms with van der Waals surface area (Å²) in [6.07, 6.45) is 1.22. The molecule has 11 nitrogen and oxygen atoms in total. The molecule has 2 heterocycles. The van der Waals surface area contributed by atoms with E-state index in [1.54, 1.807) is 12.1 Å². The summed E-state index contributed by atoms with van der Waals surface area (Å²) in [4.78, 5) is 53.5. The number of benzene rings is 2. The fraction of sp³-hybridized carbons (Fsp3) is 0.414. The maximum absolute atomic E-state index is 14.1. The van der Waals surface area contributed by atoms with E-state index >= 15 is 0 Å². The second kappa shape index (κ2) is 8.80. The van der Waals surface area contributed by atoms with Crippen LogP contribution in [0.15, 0.2) is 42.5 Å². The molecule has 5 atom stereocenters. The van der Waals surface area contributed by atoms with Crippen molar-refractivity contribution >= 4 is 34.5 Å². The number of aromatic nitrogens is 2. The van der Waals surface area contributed by atoms with Gasteiger partial charge in [-0.3, -0.25) is 19.1 Å². The Kier molecular flexibility index (Phi) is 5.69. The predicted molar refractivity (Wildman–Crippen MR) is 142 cm³/mol. The highest BCUT2D eigenvalue weighted by Gasteiger charge is 2.85. The molecule has 2 saturated carbocycles. The van der Waals surface area contributed by atoms with Gasteiger partial charge in [0.1, 0.15) is 18.3 Å². The number of carboxylic acids is 1. The number of ketones is 1. The fourth-order valence-electron chi connectivity index (χ4n) is 7.31. The van der Waals surface area contributed by atoms with Crippen molar-refractivity contribution in [2.24, 2.45) is 17.1 Å². The Bertz CT molecular complexity index is 1580. The van der Waals surface area contributed by atoms with Gasteiger partial charge in [0.25, 0.3) is 0 Å². The smallest absolute Gasteiger partial charge is 0.326 e. The lowest BCUT2D eigenvalue weighted by Gasteiger charge is -2.37. The van der Waals surface area contributed by atoms with E-state index in [0.29, 0.717) is 35.2 Å². The molecule has 1 aliphatic heterocycles. The Hall–Kier alpha value is -4.41. The lowest BCUT2D eigenvalue weighted by atomic mass is 9.85. The van der Waals surface area contributed by atoms with Crippen LogP contribution in [0.25, 0.3) is 10.9 Å². The summed E-state index contributed by atoms with van der Waals surface area (Å²) in [5.74, 6) is -2.01. The van der Waals surface area contributed by atoms with Crippen LogP contribution in [0, 0.1) is 11.3 Å². The molecule has 0 unspecified atom stereocenters. The van der Waals surface area contributed by atoms with Gasteiger partial charge in [0.15, 0.2) is 17.3 Å². The SMILES string of the molecule is COc1cc2c(C(C)=O)nn(CC(=O)N3[C@H](C(=O)O)C[C@H]4C[C@@]43[C@@]3(C(N)=O)C[C@H]3c3ccccc3)c2cc1OC. The lowest BCUT2D eigenvalue weighted by molar-refractivity contribution is -0.154. The normalized spacial score (nSPS) is 28.2. The van der Waals surface area contributed by atoms with Crippen LogP contribution in [-0.4, -0.2) is 69.2 Å². The number of hydrogen-bond acceptors (Lipinski definition) is 7. The Morgan fingerprint density at radius 3 is 2.35 bits per heavy atom. The van der Waals surface area contributed by atoms with Crippen molar-refractivity contribution in [1.29, 1.82) is 0 Å². The average molecular weight is 547 g/mol. The number of nitrogens with two attached hydrogens (primary N) is 1. The number of primary amides is 1. The van der Waals surface area contributed by atoms with Crippen molar-refractivity contribution < 1.29 is 33.8 Å². The Labute approximate surface area is 229 Å². The van der Waals surface area contributed by atoms with Crippen LogP contribution in [0.5, 0.6) is 11.5 Å². The first kappa shape index (κ1) is 25.8. The molecule has 0 spiro atoms. The van der Waals surface area contributed by atoms with Crippen molar-refractivity contribution in [3.05, 3.63) is 53.7 Å². The third-order valence-electron chi connectivity index (χ3n) is 9.13. The van der Waals surface area contributed by atoms with E-state index < -0.39 is 34.8 Å². The van der Waals surface area contributed by atoms with Crippen molar-refractivity contribution in [2.45, 2.75) is 50.2 Å². The summed E-state index contributed by atoms with van der Waals surface area (Å²) >= 11 is 0. The van der Waals surface area contributed by atoms with E-state index in [9.17, 15) is 24.3 Å². The summed E-state index contributed by atoms with van der Waals surface area (Å²) in [5, 5.41) is 15.0. The predicted octanol–water partition coefficient (Wildman–Crippen LogP) is 2.36. The monoisotopic (exact) mass is 546 g/mol. The first-order chi connectivity index (χ1) is 19.1. The van der Waals surface area contributed by atoms with E-state index in [-0.39, 0.29) is 36.3 Å². The number of carbonyl (C=O) groups excluding carboxylic acids is 3. The van der Waals surface area contributed by atoms with Crippen molar-refractivity contribution in [1.82, 2.24) is 14.7 Å². The number of methoxy groups -OCH3 is 2. The molecule has 11 heteroatoms. The van der Waals surface area contributed by atoms with Gasteiger partial charge < -0.3 is 25.2 Å². The van der Waals surface area contributed by atoms with Gasteiger partial charge in [-0.05, 0) is 36.8 Å². The molecule has 3 aromatic rings. The van der Waals surface area contributed by atoms with Crippen LogP contribution in [0.3, 0.4) is 0 Å². The number of likely N-dealkylation sites (tertiary alicyclic amines) is 1. The number of carbonyl (C=O) groups is 4. The number of rotatable bonds is 9. The minimum Gasteiger partial charge on any atom is -0.493 e. The van der Waals surface area contributed by atoms with E-state index in [1.165, 1.54) is 30.7 Å². The van der Waals surface area contributed by atoms with E-state index in [2.05, 4.69) is 5.10 Å². The van der Waals surface area contributed by atoms with Crippen LogP contribution >= 0.6 is 0 Å². The minimum atomic E-state index is -1.13. The molecule has 1 saturated heterocycles. The highest BCUT2D eigenvalue weighted by molar-refractivity contribution is 6.06. The van der Waals surface area contributed by atoms with Gasteiger partial charge >= 0.3 is 5.97 Å². The number of hydrogen-bond donors (Lipinski definition) is 2. The molecule has 6 rings (SSSR count). The van der Waals surface area contributed by atoms with Gasteiger partial charge in [0.2, 0.25) is 11.8 Å². The molecular formula is C29H30N4O7. The van der Waals surface area contributed by atoms with Gasteiger partial charge in [-0.25, -0.2) is 4.79 Å². The summed E-state index contributed by atoms with van der Waals surface area (Å²) in [7, 11) is 2.95. The van der Waals surface area contributed by atoms with Crippen LogP contribution in [0.4, 0.5) is 0 Å². The van der Waals surface area contributed by atoms with Crippen LogP contribution in [0.2, 0.25) is 0 Å². The quantitative estimate of drug-likeness (QED) is 0.388. The van der Waals surface area contributed by atoms with Crippen molar-refractivity contribution in [3.8, 4) is 11.5 Å². The van der Waals surface area contributed by atoms with E-state index in [1.807, 2.05) is 30.3 Å². The topological polar surface area (TPSA) is 154 Å². The highest BCUT2D eigenvalue weighted by atomic mass is 16.5. The van der Waals surface area contributed by atoms with Crippen LogP contribution in [-0.2, 0) is 20.9 Å². The summed E-state index contributed by atoms with van der Waals surface area (Å²) in [6, 6.07) is 11.7. The number of Topliss-reactive ketones (excluding diaryl/α,β-unsaturated/α-hetero) is 1. The molecular weight excluding hydrogens is 516 g/mol. The average Bonchev–Trinajstić information content (AvgIpc) is 3.80. The molecule has 0 bridgehead atoms. The zero-order chi connectivity index (χ0) is 28.6. The third-order valence-corrected chi connectivity index (χ3v) is 9.13. The zero-order valence-corrected chi connectivity index (χ0v) is 22.4. The van der Waals surface area contributed by atoms with E-state index in [0.717, 1.165) is 5.56 Å². The third kappa shape index (κ3) is 3.39. The van der Waals surface area contributed by atoms with Crippen LogP contribution in [0.1, 0.15) is 48.2 Å². The molecule has 208 valence electrons. The molecule has 3 aliphatic rings. The summed E-state index contributed by atoms with van der Waals surface area (Å²) in [5.41, 5.74) is 5.58. The van der Waals surface area contributed by atoms with Gasteiger partial charge in [0, 0.05) is 24.3 Å². The number of aliphatic carboxylic acids is 1. The molecule has 0 radical (unpaired) electrons. The summed E-state index contributed by atoms with van der Waals surface area (Å²) in [6.45, 7) is 1.05. The number of amides is 2. The first-order valence-corrected chi connectivity index (χ1v) is 13.1. The van der Waals surface area contributed by atoms with Gasteiger partial charge in [-0.2, -0.15) is 5.10 Å². The molecule has 40 heavy (non-hydrogen) atoms. The molecule has 2 aromatic carbocycles. The molecule has 3 N–H and O–H groups in total. The van der Waals surface area contributed by atoms with Crippen molar-refractivity contribution in [2.75, 3.05) is 14.2 Å². The Morgan fingerprint density at radius 2 is 1.75 bits per heavy atom.